The highest BCUT2D eigenvalue weighted by molar-refractivity contribution is 8.00. The Labute approximate surface area is 189 Å². The lowest BCUT2D eigenvalue weighted by Crippen LogP contribution is -2.32. The van der Waals surface area contributed by atoms with Crippen molar-refractivity contribution < 1.29 is 26.8 Å². The number of oxazole rings is 1. The summed E-state index contributed by atoms with van der Waals surface area (Å²) >= 11 is 0.943. The quantitative estimate of drug-likeness (QED) is 0.391. The summed E-state index contributed by atoms with van der Waals surface area (Å²) in [6.45, 7) is 1.10. The summed E-state index contributed by atoms with van der Waals surface area (Å²) in [4.78, 5) is 16.4. The fourth-order valence-corrected chi connectivity index (χ4v) is 5.56. The zero-order chi connectivity index (χ0) is 22.6. The fraction of sp³-hybridized carbons (Fsp3) is 0.273. The molecule has 168 valence electrons. The van der Waals surface area contributed by atoms with Crippen molar-refractivity contribution in [2.75, 3.05) is 18.9 Å². The van der Waals surface area contributed by atoms with E-state index in [4.69, 9.17) is 9.15 Å². The number of amides is 1. The van der Waals surface area contributed by atoms with E-state index in [2.05, 4.69) is 10.3 Å². The van der Waals surface area contributed by atoms with Crippen molar-refractivity contribution in [1.82, 2.24) is 10.3 Å². The molecule has 1 amide bonds. The Morgan fingerprint density at radius 3 is 2.59 bits per heavy atom. The number of nitrogens with one attached hydrogen (secondary N) is 1. The molecule has 0 aliphatic carbocycles. The van der Waals surface area contributed by atoms with E-state index in [1.54, 1.807) is 24.3 Å². The topological polar surface area (TPSA) is 98.5 Å². The molecule has 0 saturated carbocycles. The van der Waals surface area contributed by atoms with Gasteiger partial charge in [-0.1, -0.05) is 30.0 Å². The summed E-state index contributed by atoms with van der Waals surface area (Å²) < 4.78 is 50.9. The van der Waals surface area contributed by atoms with Gasteiger partial charge in [0, 0.05) is 18.7 Å². The van der Waals surface area contributed by atoms with Crippen molar-refractivity contribution in [2.45, 2.75) is 34.0 Å². The van der Waals surface area contributed by atoms with Gasteiger partial charge in [0.05, 0.1) is 16.8 Å². The number of ether oxygens (including phenoxy) is 1. The molecule has 10 heteroatoms. The Morgan fingerprint density at radius 1 is 1.16 bits per heavy atom. The van der Waals surface area contributed by atoms with Crippen LogP contribution in [0.5, 0.6) is 0 Å². The summed E-state index contributed by atoms with van der Waals surface area (Å²) in [7, 11) is -4.09. The van der Waals surface area contributed by atoms with Crippen molar-refractivity contribution in [3.05, 3.63) is 60.4 Å². The lowest BCUT2D eigenvalue weighted by atomic mass is 10.2. The van der Waals surface area contributed by atoms with E-state index in [0.717, 1.165) is 36.7 Å². The summed E-state index contributed by atoms with van der Waals surface area (Å²) in [6, 6.07) is 13.3. The Balaban J connectivity index is 1.57. The summed E-state index contributed by atoms with van der Waals surface area (Å²) in [5, 5.41) is 2.49. The molecular weight excluding hydrogens is 455 g/mol. The number of sulfone groups is 1. The van der Waals surface area contributed by atoms with Crippen LogP contribution in [-0.2, 0) is 19.4 Å². The third kappa shape index (κ3) is 5.20. The van der Waals surface area contributed by atoms with Gasteiger partial charge < -0.3 is 14.5 Å². The van der Waals surface area contributed by atoms with E-state index < -0.39 is 15.7 Å². The molecule has 1 aromatic heterocycles. The number of aromatic nitrogens is 1. The minimum absolute atomic E-state index is 0.000412. The third-order valence-electron chi connectivity index (χ3n) is 4.85. The van der Waals surface area contributed by atoms with Gasteiger partial charge in [-0.15, -0.1) is 0 Å². The van der Waals surface area contributed by atoms with Gasteiger partial charge in [-0.2, -0.15) is 4.98 Å². The number of rotatable bonds is 8. The molecule has 1 aliphatic rings. The molecule has 3 aromatic rings. The van der Waals surface area contributed by atoms with Crippen molar-refractivity contribution in [3.63, 3.8) is 0 Å². The van der Waals surface area contributed by atoms with Crippen molar-refractivity contribution >= 4 is 27.5 Å². The standard InChI is InChI=1S/C22H21FN2O5S2/c23-16-8-10-18(11-9-16)32(27,28)21-22(30-20(25-21)15-5-2-1-3-6-15)31-14-19(26)24-13-17-7-4-12-29-17/h1-3,5-6,8-11,17H,4,7,12-14H2,(H,24,26)/t17-/m0/s1. The first-order valence-electron chi connectivity index (χ1n) is 10.0. The predicted molar refractivity (Wildman–Crippen MR) is 116 cm³/mol. The second kappa shape index (κ2) is 9.85. The molecular formula is C22H21FN2O5S2. The minimum Gasteiger partial charge on any atom is -0.428 e. The van der Waals surface area contributed by atoms with Gasteiger partial charge in [-0.3, -0.25) is 4.79 Å². The van der Waals surface area contributed by atoms with Crippen LogP contribution < -0.4 is 5.32 Å². The van der Waals surface area contributed by atoms with Crippen LogP contribution in [0.25, 0.3) is 11.5 Å². The molecule has 2 heterocycles. The lowest BCUT2D eigenvalue weighted by molar-refractivity contribution is -0.119. The van der Waals surface area contributed by atoms with Crippen LogP contribution in [0.3, 0.4) is 0 Å². The smallest absolute Gasteiger partial charge is 0.230 e. The molecule has 1 N–H and O–H groups in total. The van der Waals surface area contributed by atoms with E-state index in [0.29, 0.717) is 18.7 Å². The first-order valence-corrected chi connectivity index (χ1v) is 12.5. The van der Waals surface area contributed by atoms with Crippen LogP contribution in [0.2, 0.25) is 0 Å². The first-order chi connectivity index (χ1) is 15.4. The molecule has 1 saturated heterocycles. The maximum atomic E-state index is 13.3. The van der Waals surface area contributed by atoms with Gasteiger partial charge in [-0.05, 0) is 49.2 Å². The highest BCUT2D eigenvalue weighted by Gasteiger charge is 2.29. The Hall–Kier alpha value is -2.69. The number of nitrogens with zero attached hydrogens (tertiary/aromatic N) is 1. The van der Waals surface area contributed by atoms with Crippen LogP contribution >= 0.6 is 11.8 Å². The molecule has 1 atom stereocenters. The van der Waals surface area contributed by atoms with Gasteiger partial charge in [-0.25, -0.2) is 12.8 Å². The first kappa shape index (κ1) is 22.5. The Morgan fingerprint density at radius 2 is 1.91 bits per heavy atom. The van der Waals surface area contributed by atoms with Crippen molar-refractivity contribution in [1.29, 1.82) is 0 Å². The van der Waals surface area contributed by atoms with Crippen molar-refractivity contribution in [2.24, 2.45) is 0 Å². The Kier molecular flexibility index (Phi) is 6.92. The highest BCUT2D eigenvalue weighted by atomic mass is 32.2. The zero-order valence-corrected chi connectivity index (χ0v) is 18.6. The van der Waals surface area contributed by atoms with Gasteiger partial charge in [0.2, 0.25) is 31.8 Å². The molecule has 0 spiro atoms. The molecule has 4 rings (SSSR count). The average Bonchev–Trinajstić information content (AvgIpc) is 3.47. The SMILES string of the molecule is O=C(CSc1oc(-c2ccccc2)nc1S(=O)(=O)c1ccc(F)cc1)NC[C@@H]1CCCO1. The van der Waals surface area contributed by atoms with E-state index >= 15 is 0 Å². The van der Waals surface area contributed by atoms with Crippen LogP contribution in [-0.4, -0.2) is 44.3 Å². The van der Waals surface area contributed by atoms with E-state index in [9.17, 15) is 17.6 Å². The van der Waals surface area contributed by atoms with Gasteiger partial charge in [0.1, 0.15) is 5.82 Å². The molecule has 1 fully saturated rings. The number of carbonyl (C=O) groups excluding carboxylic acids is 1. The molecule has 7 nitrogen and oxygen atoms in total. The van der Waals surface area contributed by atoms with Crippen LogP contribution in [0.1, 0.15) is 12.8 Å². The maximum absolute atomic E-state index is 13.3. The predicted octanol–water partition coefficient (Wildman–Crippen LogP) is 3.70. The zero-order valence-electron chi connectivity index (χ0n) is 17.0. The van der Waals surface area contributed by atoms with Gasteiger partial charge in [0.25, 0.3) is 0 Å². The number of hydrogen-bond acceptors (Lipinski definition) is 7. The lowest BCUT2D eigenvalue weighted by Gasteiger charge is -2.10. The summed E-state index contributed by atoms with van der Waals surface area (Å²) in [6.07, 6.45) is 1.88. The number of halogens is 1. The maximum Gasteiger partial charge on any atom is 0.230 e. The van der Waals surface area contributed by atoms with Crippen LogP contribution in [0, 0.1) is 5.82 Å². The summed E-state index contributed by atoms with van der Waals surface area (Å²) in [5.74, 6) is -0.754. The minimum atomic E-state index is -4.09. The Bertz CT molecular complexity index is 1170. The number of thioether (sulfide) groups is 1. The third-order valence-corrected chi connectivity index (χ3v) is 7.60. The van der Waals surface area contributed by atoms with E-state index in [-0.39, 0.29) is 38.7 Å². The van der Waals surface area contributed by atoms with Crippen LogP contribution in [0.4, 0.5) is 4.39 Å². The van der Waals surface area contributed by atoms with Crippen molar-refractivity contribution in [3.8, 4) is 11.5 Å². The van der Waals surface area contributed by atoms with E-state index in [1.165, 1.54) is 12.1 Å². The molecule has 2 aromatic carbocycles. The molecule has 0 unspecified atom stereocenters. The molecule has 32 heavy (non-hydrogen) atoms. The second-order valence-electron chi connectivity index (χ2n) is 7.16. The highest BCUT2D eigenvalue weighted by Crippen LogP contribution is 2.34. The fourth-order valence-electron chi connectivity index (χ4n) is 3.20. The van der Waals surface area contributed by atoms with Crippen LogP contribution in [0.15, 0.2) is 74.0 Å². The van der Waals surface area contributed by atoms with E-state index in [1.807, 2.05) is 6.07 Å². The number of benzene rings is 2. The van der Waals surface area contributed by atoms with Gasteiger partial charge >= 0.3 is 0 Å². The number of hydrogen-bond donors (Lipinski definition) is 1. The monoisotopic (exact) mass is 476 g/mol. The average molecular weight is 477 g/mol. The normalized spacial score (nSPS) is 16.2. The van der Waals surface area contributed by atoms with Gasteiger partial charge in [0.15, 0.2) is 0 Å². The molecule has 0 radical (unpaired) electrons. The largest absolute Gasteiger partial charge is 0.428 e. The molecule has 0 bridgehead atoms. The molecule has 1 aliphatic heterocycles. The second-order valence-corrected chi connectivity index (χ2v) is 9.98. The number of carbonyl (C=O) groups is 1. The summed E-state index contributed by atoms with van der Waals surface area (Å²) in [5.41, 5.74) is 0.595.